The van der Waals surface area contributed by atoms with E-state index in [0.717, 1.165) is 57.8 Å². The molecular weight excluding hydrogens is 976 g/mol. The normalized spacial score (nSPS) is 13.7. The highest BCUT2D eigenvalue weighted by Gasteiger charge is 2.30. The van der Waals surface area contributed by atoms with Gasteiger partial charge in [-0.25, -0.2) is 4.57 Å². The Morgan fingerprint density at radius 3 is 1.10 bits per heavy atom. The first-order valence-electron chi connectivity index (χ1n) is 33.7. The second-order valence-electron chi connectivity index (χ2n) is 24.4. The van der Waals surface area contributed by atoms with Gasteiger partial charge in [0.15, 0.2) is 0 Å². The molecule has 10 heteroatoms. The third-order valence-corrected chi connectivity index (χ3v) is 16.4. The molecule has 0 radical (unpaired) electrons. The number of quaternary nitrogens is 1. The Hall–Kier alpha value is -1.51. The molecule has 9 nitrogen and oxygen atoms in total. The Morgan fingerprint density at radius 2 is 0.753 bits per heavy atom. The minimum absolute atomic E-state index is 0.0444. The number of nitrogens with one attached hydrogen (secondary N) is 1. The standard InChI is InChI=1S/C67H131N2O7P/c1-7-10-13-16-19-22-25-27-29-30-31-32-33-34-35-36-37-38-40-41-44-47-50-53-56-59-66(70)68-64(63-75-77(72,73)74-62-61-69(4,5)6)65(58-55-52-49-46-43-24-21-18-15-12-9-3)76-67(71)60-57-54-51-48-45-42-39-28-26-23-20-17-14-11-8-2/h27,29,55,58,64-65H,7-26,28,30-54,56-57,59-63H2,1-6H3,(H-,68,70,72,73)/p+1/b29-27+,58-55-. The Kier molecular flexibility index (Phi) is 56.6. The molecule has 0 spiro atoms. The molecule has 0 aromatic heterocycles. The van der Waals surface area contributed by atoms with Gasteiger partial charge in [-0.05, 0) is 57.4 Å². The van der Waals surface area contributed by atoms with Crippen molar-refractivity contribution in [1.29, 1.82) is 0 Å². The number of phosphoric acid groups is 1. The zero-order chi connectivity index (χ0) is 56.4. The summed E-state index contributed by atoms with van der Waals surface area (Å²) in [6.07, 6.45) is 69.0. The van der Waals surface area contributed by atoms with Crippen molar-refractivity contribution in [3.8, 4) is 0 Å². The summed E-state index contributed by atoms with van der Waals surface area (Å²) >= 11 is 0. The van der Waals surface area contributed by atoms with E-state index in [9.17, 15) is 19.0 Å². The highest BCUT2D eigenvalue weighted by Crippen LogP contribution is 2.43. The number of ether oxygens (including phenoxy) is 1. The van der Waals surface area contributed by atoms with Crippen LogP contribution in [0.25, 0.3) is 0 Å². The van der Waals surface area contributed by atoms with Crippen LogP contribution in [0.1, 0.15) is 342 Å². The topological polar surface area (TPSA) is 111 Å². The predicted molar refractivity (Wildman–Crippen MR) is 333 cm³/mol. The summed E-state index contributed by atoms with van der Waals surface area (Å²) in [4.78, 5) is 37.7. The van der Waals surface area contributed by atoms with Gasteiger partial charge in [-0.3, -0.25) is 18.6 Å². The van der Waals surface area contributed by atoms with E-state index >= 15 is 0 Å². The van der Waals surface area contributed by atoms with Crippen LogP contribution in [-0.2, 0) is 27.9 Å². The number of likely N-dealkylation sites (N-methyl/N-ethyl adjacent to an activating group) is 1. The molecule has 2 N–H and O–H groups in total. The minimum atomic E-state index is -4.44. The second kappa shape index (κ2) is 57.7. The molecule has 3 atom stereocenters. The lowest BCUT2D eigenvalue weighted by atomic mass is 10.0. The van der Waals surface area contributed by atoms with Crippen LogP contribution in [0.5, 0.6) is 0 Å². The van der Waals surface area contributed by atoms with Crippen molar-refractivity contribution < 1.29 is 37.3 Å². The van der Waals surface area contributed by atoms with Gasteiger partial charge in [0, 0.05) is 12.8 Å². The summed E-state index contributed by atoms with van der Waals surface area (Å²) < 4.78 is 30.7. The number of unbranched alkanes of at least 4 members (excludes halogenated alkanes) is 44. The number of nitrogens with zero attached hydrogens (tertiary/aromatic N) is 1. The number of esters is 1. The van der Waals surface area contributed by atoms with Gasteiger partial charge in [-0.1, -0.05) is 296 Å². The third kappa shape index (κ3) is 58.9. The molecule has 0 aromatic carbocycles. The highest BCUT2D eigenvalue weighted by molar-refractivity contribution is 7.47. The number of carbonyl (C=O) groups excluding carboxylic acids is 2. The van der Waals surface area contributed by atoms with Gasteiger partial charge < -0.3 is 19.4 Å². The maximum Gasteiger partial charge on any atom is 0.472 e. The molecule has 3 unspecified atom stereocenters. The van der Waals surface area contributed by atoms with Crippen molar-refractivity contribution in [2.45, 2.75) is 354 Å². The molecular formula is C67H132N2O7P+. The van der Waals surface area contributed by atoms with Gasteiger partial charge in [0.05, 0.1) is 33.8 Å². The largest absolute Gasteiger partial charge is 0.472 e. The van der Waals surface area contributed by atoms with Gasteiger partial charge >= 0.3 is 13.8 Å². The van der Waals surface area contributed by atoms with E-state index in [1.54, 1.807) is 0 Å². The Bertz CT molecular complexity index is 1370. The maximum absolute atomic E-state index is 13.6. The molecule has 456 valence electrons. The fourth-order valence-corrected chi connectivity index (χ4v) is 10.9. The summed E-state index contributed by atoms with van der Waals surface area (Å²) in [7, 11) is 1.52. The zero-order valence-electron chi connectivity index (χ0n) is 52.2. The second-order valence-corrected chi connectivity index (χ2v) is 25.8. The average Bonchev–Trinajstić information content (AvgIpc) is 3.39. The minimum Gasteiger partial charge on any atom is -0.456 e. The summed E-state index contributed by atoms with van der Waals surface area (Å²) in [5.41, 5.74) is 0. The van der Waals surface area contributed by atoms with Crippen molar-refractivity contribution in [2.75, 3.05) is 40.9 Å². The molecule has 0 saturated carbocycles. The Morgan fingerprint density at radius 1 is 0.442 bits per heavy atom. The van der Waals surface area contributed by atoms with Gasteiger partial charge in [0.2, 0.25) is 5.91 Å². The van der Waals surface area contributed by atoms with Gasteiger partial charge in [0.25, 0.3) is 0 Å². The third-order valence-electron chi connectivity index (χ3n) is 15.4. The van der Waals surface area contributed by atoms with Gasteiger partial charge in [-0.2, -0.15) is 0 Å². The molecule has 0 aliphatic carbocycles. The molecule has 1 amide bonds. The predicted octanol–water partition coefficient (Wildman–Crippen LogP) is 20.9. The van der Waals surface area contributed by atoms with Crippen LogP contribution >= 0.6 is 7.82 Å². The zero-order valence-corrected chi connectivity index (χ0v) is 53.1. The SMILES string of the molecule is CCCCCCCC/C=C/CCCCCCCCCCCCCCCCCC(=O)NC(COP(=O)(O)OCC[N+](C)(C)C)C(/C=C\CCCCCCCCCCC)OC(=O)CCCCCCCCCCCCCCCCC. The van der Waals surface area contributed by atoms with Gasteiger partial charge in [0.1, 0.15) is 19.3 Å². The van der Waals surface area contributed by atoms with Gasteiger partial charge in [-0.15, -0.1) is 0 Å². The summed E-state index contributed by atoms with van der Waals surface area (Å²) in [6, 6.07) is -0.841. The molecule has 77 heavy (non-hydrogen) atoms. The lowest BCUT2D eigenvalue weighted by Crippen LogP contribution is -2.47. The summed E-state index contributed by atoms with van der Waals surface area (Å²) in [6.45, 7) is 7.06. The van der Waals surface area contributed by atoms with E-state index in [2.05, 4.69) is 38.2 Å². The van der Waals surface area contributed by atoms with E-state index in [1.807, 2.05) is 33.3 Å². The Balaban J connectivity index is 5.00. The van der Waals surface area contributed by atoms with E-state index in [4.69, 9.17) is 13.8 Å². The molecule has 0 aliphatic rings. The van der Waals surface area contributed by atoms with Crippen LogP contribution in [0.3, 0.4) is 0 Å². The first kappa shape index (κ1) is 75.5. The molecule has 0 fully saturated rings. The van der Waals surface area contributed by atoms with Crippen LogP contribution in [-0.4, -0.2) is 74.3 Å². The number of phosphoric ester groups is 1. The number of rotatable bonds is 62. The molecule has 0 aromatic rings. The van der Waals surface area contributed by atoms with Crippen LogP contribution in [0.15, 0.2) is 24.3 Å². The molecule has 0 heterocycles. The fraction of sp³-hybridized carbons (Fsp3) is 0.910. The van der Waals surface area contributed by atoms with Crippen LogP contribution < -0.4 is 5.32 Å². The molecule has 0 aliphatic heterocycles. The first-order chi connectivity index (χ1) is 37.4. The quantitative estimate of drug-likeness (QED) is 0.0205. The Labute approximate surface area is 479 Å². The van der Waals surface area contributed by atoms with Crippen molar-refractivity contribution in [3.63, 3.8) is 0 Å². The van der Waals surface area contributed by atoms with Crippen molar-refractivity contribution in [2.24, 2.45) is 0 Å². The number of hydrogen-bond acceptors (Lipinski definition) is 6. The fourth-order valence-electron chi connectivity index (χ4n) is 10.2. The maximum atomic E-state index is 13.6. The van der Waals surface area contributed by atoms with E-state index in [1.165, 1.54) is 250 Å². The lowest BCUT2D eigenvalue weighted by Gasteiger charge is -2.27. The smallest absolute Gasteiger partial charge is 0.456 e. The monoisotopic (exact) mass is 1110 g/mol. The number of amides is 1. The number of allylic oxidation sites excluding steroid dienone is 3. The van der Waals surface area contributed by atoms with Crippen molar-refractivity contribution >= 4 is 19.7 Å². The lowest BCUT2D eigenvalue weighted by molar-refractivity contribution is -0.870. The van der Waals surface area contributed by atoms with Crippen LogP contribution in [0.2, 0.25) is 0 Å². The molecule has 0 rings (SSSR count). The molecule has 0 saturated heterocycles. The average molecular weight is 1110 g/mol. The number of hydrogen-bond donors (Lipinski definition) is 2. The van der Waals surface area contributed by atoms with Crippen LogP contribution in [0.4, 0.5) is 0 Å². The van der Waals surface area contributed by atoms with E-state index in [-0.39, 0.29) is 25.1 Å². The van der Waals surface area contributed by atoms with E-state index < -0.39 is 20.0 Å². The summed E-state index contributed by atoms with van der Waals surface area (Å²) in [5.74, 6) is -0.485. The highest BCUT2D eigenvalue weighted by atomic mass is 31.2. The first-order valence-corrected chi connectivity index (χ1v) is 35.2. The summed E-state index contributed by atoms with van der Waals surface area (Å²) in [5, 5.41) is 3.07. The number of carbonyl (C=O) groups is 2. The van der Waals surface area contributed by atoms with Crippen molar-refractivity contribution in [3.05, 3.63) is 24.3 Å². The van der Waals surface area contributed by atoms with Crippen molar-refractivity contribution in [1.82, 2.24) is 5.32 Å². The van der Waals surface area contributed by atoms with Crippen LogP contribution in [0, 0.1) is 0 Å². The molecule has 0 bridgehead atoms. The van der Waals surface area contributed by atoms with E-state index in [0.29, 0.717) is 23.9 Å².